The molecule has 2 atom stereocenters. The summed E-state index contributed by atoms with van der Waals surface area (Å²) < 4.78 is 5.58. The zero-order valence-corrected chi connectivity index (χ0v) is 10.4. The molecule has 1 heterocycles. The maximum absolute atomic E-state index is 9.37. The molecule has 0 aromatic carbocycles. The van der Waals surface area contributed by atoms with E-state index in [0.717, 1.165) is 45.3 Å². The van der Waals surface area contributed by atoms with Gasteiger partial charge in [-0.25, -0.2) is 0 Å². The lowest BCUT2D eigenvalue weighted by atomic mass is 9.88. The van der Waals surface area contributed by atoms with Crippen molar-refractivity contribution in [2.75, 3.05) is 13.2 Å². The highest BCUT2D eigenvalue weighted by atomic mass is 16.5. The molecule has 0 spiro atoms. The molecule has 0 aromatic rings. The third-order valence-corrected chi connectivity index (χ3v) is 3.92. The van der Waals surface area contributed by atoms with E-state index in [1.54, 1.807) is 0 Å². The Morgan fingerprint density at radius 3 is 2.75 bits per heavy atom. The van der Waals surface area contributed by atoms with Crippen molar-refractivity contribution in [2.45, 2.75) is 57.6 Å². The Kier molecular flexibility index (Phi) is 3.23. The average molecular weight is 222 g/mol. The fourth-order valence-corrected chi connectivity index (χ4v) is 2.95. The van der Waals surface area contributed by atoms with Crippen molar-refractivity contribution in [1.82, 2.24) is 5.32 Å². The molecule has 16 heavy (non-hydrogen) atoms. The second-order valence-corrected chi connectivity index (χ2v) is 6.05. The molecule has 90 valence electrons. The summed E-state index contributed by atoms with van der Waals surface area (Å²) >= 11 is 0. The summed E-state index contributed by atoms with van der Waals surface area (Å²) in [6.07, 6.45) is 5.70. The highest BCUT2D eigenvalue weighted by molar-refractivity contribution is 5.13. The van der Waals surface area contributed by atoms with Crippen LogP contribution in [0.3, 0.4) is 0 Å². The number of rotatable bonds is 3. The van der Waals surface area contributed by atoms with E-state index >= 15 is 0 Å². The smallest absolute Gasteiger partial charge is 0.107 e. The monoisotopic (exact) mass is 222 g/mol. The number of hydrogen-bond acceptors (Lipinski definition) is 3. The molecule has 1 saturated heterocycles. The van der Waals surface area contributed by atoms with Crippen LogP contribution in [0.15, 0.2) is 0 Å². The third kappa shape index (κ3) is 2.56. The van der Waals surface area contributed by atoms with Crippen molar-refractivity contribution in [1.29, 1.82) is 5.26 Å². The SMILES string of the molecule is CC1(C)CCC(C#N)(NCC2CCCO2)C1. The van der Waals surface area contributed by atoms with Crippen LogP contribution in [0.4, 0.5) is 0 Å². The van der Waals surface area contributed by atoms with E-state index in [0.29, 0.717) is 11.5 Å². The summed E-state index contributed by atoms with van der Waals surface area (Å²) in [5, 5.41) is 12.8. The van der Waals surface area contributed by atoms with Gasteiger partial charge in [-0.15, -0.1) is 0 Å². The van der Waals surface area contributed by atoms with Crippen LogP contribution < -0.4 is 5.32 Å². The molecular weight excluding hydrogens is 200 g/mol. The molecule has 0 amide bonds. The Balaban J connectivity index is 1.88. The van der Waals surface area contributed by atoms with E-state index in [1.807, 2.05) is 0 Å². The summed E-state index contributed by atoms with van der Waals surface area (Å²) in [7, 11) is 0. The number of hydrogen-bond donors (Lipinski definition) is 1. The first-order chi connectivity index (χ1) is 7.55. The van der Waals surface area contributed by atoms with Gasteiger partial charge < -0.3 is 4.74 Å². The molecule has 0 aromatic heterocycles. The van der Waals surface area contributed by atoms with Gasteiger partial charge in [0.15, 0.2) is 0 Å². The quantitative estimate of drug-likeness (QED) is 0.796. The average Bonchev–Trinajstić information content (AvgIpc) is 2.84. The van der Waals surface area contributed by atoms with Crippen LogP contribution in [0.1, 0.15) is 46.0 Å². The van der Waals surface area contributed by atoms with Crippen LogP contribution in [-0.2, 0) is 4.74 Å². The Labute approximate surface area is 98.2 Å². The number of nitrogens with one attached hydrogen (secondary N) is 1. The van der Waals surface area contributed by atoms with Gasteiger partial charge in [-0.3, -0.25) is 5.32 Å². The largest absolute Gasteiger partial charge is 0.377 e. The van der Waals surface area contributed by atoms with Gasteiger partial charge in [0.05, 0.1) is 12.2 Å². The lowest BCUT2D eigenvalue weighted by molar-refractivity contribution is 0.104. The van der Waals surface area contributed by atoms with Crippen molar-refractivity contribution in [3.8, 4) is 6.07 Å². The summed E-state index contributed by atoms with van der Waals surface area (Å²) in [5.74, 6) is 0. The zero-order valence-electron chi connectivity index (χ0n) is 10.4. The fraction of sp³-hybridized carbons (Fsp3) is 0.923. The maximum atomic E-state index is 9.37. The Bertz CT molecular complexity index is 289. The van der Waals surface area contributed by atoms with Gasteiger partial charge in [-0.1, -0.05) is 13.8 Å². The predicted molar refractivity (Wildman–Crippen MR) is 63.0 cm³/mol. The lowest BCUT2D eigenvalue weighted by Gasteiger charge is -2.26. The van der Waals surface area contributed by atoms with Gasteiger partial charge in [0.2, 0.25) is 0 Å². The Morgan fingerprint density at radius 2 is 2.25 bits per heavy atom. The highest BCUT2D eigenvalue weighted by Crippen LogP contribution is 2.43. The molecule has 1 aliphatic carbocycles. The van der Waals surface area contributed by atoms with Gasteiger partial charge in [-0.2, -0.15) is 5.26 Å². The molecule has 3 heteroatoms. The molecule has 0 bridgehead atoms. The minimum Gasteiger partial charge on any atom is -0.377 e. The topological polar surface area (TPSA) is 45.0 Å². The highest BCUT2D eigenvalue weighted by Gasteiger charge is 2.43. The second-order valence-electron chi connectivity index (χ2n) is 6.05. The van der Waals surface area contributed by atoms with Crippen LogP contribution in [0, 0.1) is 16.7 Å². The molecule has 1 aliphatic heterocycles. The van der Waals surface area contributed by atoms with Crippen molar-refractivity contribution < 1.29 is 4.74 Å². The molecule has 2 rings (SSSR count). The molecule has 1 N–H and O–H groups in total. The molecule has 2 aliphatic rings. The minimum absolute atomic E-state index is 0.296. The van der Waals surface area contributed by atoms with Crippen molar-refractivity contribution >= 4 is 0 Å². The summed E-state index contributed by atoms with van der Waals surface area (Å²) in [4.78, 5) is 0. The number of ether oxygens (including phenoxy) is 1. The molecule has 2 fully saturated rings. The van der Waals surface area contributed by atoms with Gasteiger partial charge >= 0.3 is 0 Å². The van der Waals surface area contributed by atoms with Crippen molar-refractivity contribution in [3.05, 3.63) is 0 Å². The predicted octanol–water partition coefficient (Wildman–Crippen LogP) is 2.23. The van der Waals surface area contributed by atoms with Crippen LogP contribution >= 0.6 is 0 Å². The Morgan fingerprint density at radius 1 is 1.44 bits per heavy atom. The lowest BCUT2D eigenvalue weighted by Crippen LogP contribution is -2.45. The van der Waals surface area contributed by atoms with E-state index in [4.69, 9.17) is 4.74 Å². The molecular formula is C13H22N2O. The van der Waals surface area contributed by atoms with Crippen LogP contribution in [0.25, 0.3) is 0 Å². The molecule has 2 unspecified atom stereocenters. The number of nitriles is 1. The van der Waals surface area contributed by atoms with E-state index in [2.05, 4.69) is 25.2 Å². The summed E-state index contributed by atoms with van der Waals surface area (Å²) in [6.45, 7) is 6.22. The van der Waals surface area contributed by atoms with Crippen molar-refractivity contribution in [3.63, 3.8) is 0 Å². The first-order valence-corrected chi connectivity index (χ1v) is 6.33. The van der Waals surface area contributed by atoms with Gasteiger partial charge in [0, 0.05) is 13.2 Å². The summed E-state index contributed by atoms with van der Waals surface area (Å²) in [5.41, 5.74) is 0.00864. The standard InChI is InChI=1S/C13H22N2O/c1-12(2)5-6-13(9-12,10-14)15-8-11-4-3-7-16-11/h11,15H,3-9H2,1-2H3. The molecule has 0 radical (unpaired) electrons. The van der Waals surface area contributed by atoms with Crippen LogP contribution in [0.5, 0.6) is 0 Å². The van der Waals surface area contributed by atoms with Gasteiger partial charge in [0.1, 0.15) is 5.54 Å². The normalized spacial score (nSPS) is 37.4. The molecule has 3 nitrogen and oxygen atoms in total. The van der Waals surface area contributed by atoms with E-state index in [1.165, 1.54) is 0 Å². The Hall–Kier alpha value is -0.590. The maximum Gasteiger partial charge on any atom is 0.107 e. The van der Waals surface area contributed by atoms with E-state index in [-0.39, 0.29) is 5.54 Å². The minimum atomic E-state index is -0.296. The van der Waals surface area contributed by atoms with E-state index in [9.17, 15) is 5.26 Å². The van der Waals surface area contributed by atoms with Gasteiger partial charge in [0.25, 0.3) is 0 Å². The molecule has 1 saturated carbocycles. The third-order valence-electron chi connectivity index (χ3n) is 3.92. The number of nitrogens with zero attached hydrogens (tertiary/aromatic N) is 1. The zero-order chi connectivity index (χ0) is 11.6. The van der Waals surface area contributed by atoms with Crippen molar-refractivity contribution in [2.24, 2.45) is 5.41 Å². The summed E-state index contributed by atoms with van der Waals surface area (Å²) in [6, 6.07) is 2.49. The first-order valence-electron chi connectivity index (χ1n) is 6.33. The van der Waals surface area contributed by atoms with E-state index < -0.39 is 0 Å². The van der Waals surface area contributed by atoms with Gasteiger partial charge in [-0.05, 0) is 37.5 Å². The van der Waals surface area contributed by atoms with Crippen LogP contribution in [0.2, 0.25) is 0 Å². The first kappa shape index (κ1) is 11.9. The fourth-order valence-electron chi connectivity index (χ4n) is 2.95. The van der Waals surface area contributed by atoms with Crippen LogP contribution in [-0.4, -0.2) is 24.8 Å². The second kappa shape index (κ2) is 4.35.